The van der Waals surface area contributed by atoms with E-state index in [2.05, 4.69) is 13.8 Å². The largest absolute Gasteiger partial charge is 0.454 e. The van der Waals surface area contributed by atoms with E-state index in [0.29, 0.717) is 29.5 Å². The van der Waals surface area contributed by atoms with Gasteiger partial charge >= 0.3 is 0 Å². The average molecular weight is 223 g/mol. The second-order valence-corrected chi connectivity index (χ2v) is 4.48. The molecule has 1 unspecified atom stereocenters. The van der Waals surface area contributed by atoms with Crippen LogP contribution in [0.1, 0.15) is 31.9 Å². The van der Waals surface area contributed by atoms with E-state index < -0.39 is 6.10 Å². The second-order valence-electron chi connectivity index (χ2n) is 4.48. The van der Waals surface area contributed by atoms with E-state index in [0.717, 1.165) is 5.56 Å². The van der Waals surface area contributed by atoms with Crippen molar-refractivity contribution in [3.05, 3.63) is 17.7 Å². The first-order valence-corrected chi connectivity index (χ1v) is 5.45. The van der Waals surface area contributed by atoms with E-state index in [1.54, 1.807) is 12.1 Å². The quantitative estimate of drug-likeness (QED) is 0.770. The normalized spacial score (nSPS) is 15.5. The molecule has 0 aliphatic carbocycles. The molecule has 0 amide bonds. The number of ether oxygens (including phenoxy) is 2. The molecule has 16 heavy (non-hydrogen) atoms. The number of hydrogen-bond donors (Lipinski definition) is 2. The lowest BCUT2D eigenvalue weighted by molar-refractivity contribution is 0.151. The highest BCUT2D eigenvalue weighted by molar-refractivity contribution is 5.59. The van der Waals surface area contributed by atoms with Crippen molar-refractivity contribution < 1.29 is 14.6 Å². The Balaban J connectivity index is 2.27. The van der Waals surface area contributed by atoms with Crippen LogP contribution in [0.15, 0.2) is 12.1 Å². The number of anilines is 1. The lowest BCUT2D eigenvalue weighted by Crippen LogP contribution is -2.05. The van der Waals surface area contributed by atoms with Crippen LogP contribution >= 0.6 is 0 Å². The molecule has 0 fully saturated rings. The van der Waals surface area contributed by atoms with E-state index in [-0.39, 0.29) is 6.79 Å². The average Bonchev–Trinajstić information content (AvgIpc) is 2.61. The minimum atomic E-state index is -0.547. The van der Waals surface area contributed by atoms with E-state index >= 15 is 0 Å². The number of aliphatic hydroxyl groups excluding tert-OH is 1. The van der Waals surface area contributed by atoms with Crippen LogP contribution in [0.3, 0.4) is 0 Å². The Morgan fingerprint density at radius 1 is 1.31 bits per heavy atom. The third-order valence-electron chi connectivity index (χ3n) is 2.63. The molecule has 0 saturated carbocycles. The lowest BCUT2D eigenvalue weighted by atomic mass is 9.98. The third kappa shape index (κ3) is 2.07. The molecule has 3 N–H and O–H groups in total. The maximum Gasteiger partial charge on any atom is 0.231 e. The highest BCUT2D eigenvalue weighted by Crippen LogP contribution is 2.39. The Bertz CT molecular complexity index is 390. The molecule has 0 saturated heterocycles. The maximum absolute atomic E-state index is 10.0. The lowest BCUT2D eigenvalue weighted by Gasteiger charge is -2.16. The zero-order chi connectivity index (χ0) is 11.7. The molecule has 1 aromatic rings. The molecule has 0 aromatic heterocycles. The molecule has 1 aliphatic rings. The fourth-order valence-electron chi connectivity index (χ4n) is 1.84. The molecular weight excluding hydrogens is 206 g/mol. The van der Waals surface area contributed by atoms with Crippen molar-refractivity contribution >= 4 is 5.69 Å². The van der Waals surface area contributed by atoms with Gasteiger partial charge in [-0.05, 0) is 18.4 Å². The van der Waals surface area contributed by atoms with Gasteiger partial charge in [0.05, 0.1) is 6.10 Å². The van der Waals surface area contributed by atoms with Crippen LogP contribution in [0.4, 0.5) is 5.69 Å². The van der Waals surface area contributed by atoms with Gasteiger partial charge in [-0.1, -0.05) is 13.8 Å². The second kappa shape index (κ2) is 4.22. The van der Waals surface area contributed by atoms with Crippen molar-refractivity contribution in [3.63, 3.8) is 0 Å². The van der Waals surface area contributed by atoms with E-state index in [4.69, 9.17) is 15.2 Å². The summed E-state index contributed by atoms with van der Waals surface area (Å²) in [6, 6.07) is 3.48. The summed E-state index contributed by atoms with van der Waals surface area (Å²) in [5.74, 6) is 1.73. The highest BCUT2D eigenvalue weighted by atomic mass is 16.7. The summed E-state index contributed by atoms with van der Waals surface area (Å²) in [7, 11) is 0. The number of rotatable bonds is 3. The molecular formula is C12H17NO3. The van der Waals surface area contributed by atoms with Crippen molar-refractivity contribution in [1.29, 1.82) is 0 Å². The molecule has 1 aliphatic heterocycles. The Labute approximate surface area is 95.0 Å². The van der Waals surface area contributed by atoms with Gasteiger partial charge in [-0.15, -0.1) is 0 Å². The van der Waals surface area contributed by atoms with Gasteiger partial charge in [0.2, 0.25) is 6.79 Å². The summed E-state index contributed by atoms with van der Waals surface area (Å²) in [6.45, 7) is 4.34. The summed E-state index contributed by atoms with van der Waals surface area (Å²) < 4.78 is 10.5. The summed E-state index contributed by atoms with van der Waals surface area (Å²) in [6.07, 6.45) is 0.138. The first-order chi connectivity index (χ1) is 7.58. The molecule has 1 heterocycles. The molecule has 4 heteroatoms. The zero-order valence-corrected chi connectivity index (χ0v) is 9.56. The van der Waals surface area contributed by atoms with Crippen molar-refractivity contribution in [3.8, 4) is 11.5 Å². The van der Waals surface area contributed by atoms with Crippen LogP contribution < -0.4 is 15.2 Å². The Hall–Kier alpha value is -1.42. The fourth-order valence-corrected chi connectivity index (χ4v) is 1.84. The molecule has 0 spiro atoms. The minimum Gasteiger partial charge on any atom is -0.454 e. The van der Waals surface area contributed by atoms with Crippen molar-refractivity contribution in [2.24, 2.45) is 5.92 Å². The van der Waals surface area contributed by atoms with Crippen molar-refractivity contribution in [2.45, 2.75) is 26.4 Å². The van der Waals surface area contributed by atoms with Crippen LogP contribution in [-0.2, 0) is 0 Å². The Kier molecular flexibility index (Phi) is 2.92. The van der Waals surface area contributed by atoms with Gasteiger partial charge in [0.1, 0.15) is 0 Å². The Morgan fingerprint density at radius 2 is 1.94 bits per heavy atom. The fraction of sp³-hybridized carbons (Fsp3) is 0.500. The van der Waals surface area contributed by atoms with E-state index in [1.165, 1.54) is 0 Å². The molecule has 2 rings (SSSR count). The van der Waals surface area contributed by atoms with Crippen LogP contribution in [0.5, 0.6) is 11.5 Å². The SMILES string of the molecule is CC(C)CC(O)c1cc2c(cc1N)OCO2. The number of benzene rings is 1. The summed E-state index contributed by atoms with van der Waals surface area (Å²) in [5, 5.41) is 10.0. The third-order valence-corrected chi connectivity index (χ3v) is 2.63. The van der Waals surface area contributed by atoms with Crippen molar-refractivity contribution in [1.82, 2.24) is 0 Å². The number of nitrogens with two attached hydrogens (primary N) is 1. The van der Waals surface area contributed by atoms with Crippen LogP contribution in [-0.4, -0.2) is 11.9 Å². The van der Waals surface area contributed by atoms with Gasteiger partial charge in [0.25, 0.3) is 0 Å². The maximum atomic E-state index is 10.0. The molecule has 0 radical (unpaired) electrons. The van der Waals surface area contributed by atoms with Gasteiger partial charge in [-0.25, -0.2) is 0 Å². The zero-order valence-electron chi connectivity index (χ0n) is 9.56. The molecule has 88 valence electrons. The van der Waals surface area contributed by atoms with Gasteiger partial charge in [0, 0.05) is 17.3 Å². The highest BCUT2D eigenvalue weighted by Gasteiger charge is 2.20. The molecule has 1 aromatic carbocycles. The predicted octanol–water partition coefficient (Wildman–Crippen LogP) is 2.08. The number of hydrogen-bond acceptors (Lipinski definition) is 4. The standard InChI is InChI=1S/C12H17NO3/c1-7(2)3-10(14)8-4-11-12(5-9(8)13)16-6-15-11/h4-5,7,10,14H,3,6,13H2,1-2H3. The smallest absolute Gasteiger partial charge is 0.231 e. The van der Waals surface area contributed by atoms with Gasteiger partial charge < -0.3 is 20.3 Å². The number of nitrogen functional groups attached to an aromatic ring is 1. The van der Waals surface area contributed by atoms with E-state index in [9.17, 15) is 5.11 Å². The first kappa shape index (κ1) is 11.1. The molecule has 1 atom stereocenters. The number of fused-ring (bicyclic) bond motifs is 1. The first-order valence-electron chi connectivity index (χ1n) is 5.45. The molecule has 4 nitrogen and oxygen atoms in total. The summed E-state index contributed by atoms with van der Waals surface area (Å²) in [5.41, 5.74) is 7.15. The van der Waals surface area contributed by atoms with Crippen LogP contribution in [0, 0.1) is 5.92 Å². The minimum absolute atomic E-state index is 0.221. The monoisotopic (exact) mass is 223 g/mol. The van der Waals surface area contributed by atoms with Crippen LogP contribution in [0.2, 0.25) is 0 Å². The summed E-state index contributed by atoms with van der Waals surface area (Å²) >= 11 is 0. The van der Waals surface area contributed by atoms with E-state index in [1.807, 2.05) is 0 Å². The predicted molar refractivity (Wildman–Crippen MR) is 61.4 cm³/mol. The topological polar surface area (TPSA) is 64.7 Å². The number of aliphatic hydroxyl groups is 1. The van der Waals surface area contributed by atoms with Gasteiger partial charge in [-0.3, -0.25) is 0 Å². The van der Waals surface area contributed by atoms with Gasteiger partial charge in [0.15, 0.2) is 11.5 Å². The van der Waals surface area contributed by atoms with Gasteiger partial charge in [-0.2, -0.15) is 0 Å². The molecule has 0 bridgehead atoms. The summed E-state index contributed by atoms with van der Waals surface area (Å²) in [4.78, 5) is 0. The van der Waals surface area contributed by atoms with Crippen molar-refractivity contribution in [2.75, 3.05) is 12.5 Å². The Morgan fingerprint density at radius 3 is 2.56 bits per heavy atom. The van der Waals surface area contributed by atoms with Crippen LogP contribution in [0.25, 0.3) is 0 Å².